The van der Waals surface area contributed by atoms with Gasteiger partial charge in [-0.05, 0) is 24.3 Å². The molecule has 0 bridgehead atoms. The van der Waals surface area contributed by atoms with Gasteiger partial charge in [-0.3, -0.25) is 4.79 Å². The summed E-state index contributed by atoms with van der Waals surface area (Å²) in [5.74, 6) is -0.176. The molecular weight excluding hydrogens is 238 g/mol. The van der Waals surface area contributed by atoms with Crippen LogP contribution < -0.4 is 5.32 Å². The van der Waals surface area contributed by atoms with Crippen molar-refractivity contribution in [2.24, 2.45) is 5.92 Å². The van der Waals surface area contributed by atoms with Gasteiger partial charge in [-0.2, -0.15) is 0 Å². The average molecular weight is 261 g/mol. The predicted molar refractivity (Wildman–Crippen MR) is 75.9 cm³/mol. The van der Waals surface area contributed by atoms with Gasteiger partial charge in [0.2, 0.25) is 0 Å². The third-order valence-corrected chi connectivity index (χ3v) is 4.02. The second-order valence-corrected chi connectivity index (χ2v) is 5.47. The summed E-state index contributed by atoms with van der Waals surface area (Å²) in [5.41, 5.74) is 1.22. The summed E-state index contributed by atoms with van der Waals surface area (Å²) < 4.78 is 0. The first-order valence-corrected chi connectivity index (χ1v) is 7.25. The number of hydrogen-bond acceptors (Lipinski definition) is 2. The van der Waals surface area contributed by atoms with Crippen LogP contribution in [0, 0.1) is 5.92 Å². The molecule has 3 nitrogen and oxygen atoms in total. The Bertz CT molecular complexity index is 385. The minimum Gasteiger partial charge on any atom is -0.481 e. The summed E-state index contributed by atoms with van der Waals surface area (Å²) in [4.78, 5) is 11.0. The minimum atomic E-state index is -0.698. The second kappa shape index (κ2) is 7.29. The Balaban J connectivity index is 1.91. The van der Waals surface area contributed by atoms with E-state index in [1.807, 2.05) is 18.2 Å². The fourth-order valence-electron chi connectivity index (χ4n) is 2.97. The van der Waals surface area contributed by atoms with Gasteiger partial charge in [0.15, 0.2) is 0 Å². The molecule has 1 unspecified atom stereocenters. The van der Waals surface area contributed by atoms with Gasteiger partial charge in [0.25, 0.3) is 0 Å². The van der Waals surface area contributed by atoms with Crippen molar-refractivity contribution in [3.8, 4) is 0 Å². The van der Waals surface area contributed by atoms with Gasteiger partial charge in [-0.15, -0.1) is 0 Å². The molecule has 0 aromatic heterocycles. The molecule has 3 heteroatoms. The van der Waals surface area contributed by atoms with Gasteiger partial charge in [0.1, 0.15) is 0 Å². The Morgan fingerprint density at radius 1 is 1.21 bits per heavy atom. The lowest BCUT2D eigenvalue weighted by Crippen LogP contribution is -2.38. The van der Waals surface area contributed by atoms with Crippen LogP contribution in [0.2, 0.25) is 0 Å². The summed E-state index contributed by atoms with van der Waals surface area (Å²) in [7, 11) is 0. The largest absolute Gasteiger partial charge is 0.481 e. The van der Waals surface area contributed by atoms with Crippen molar-refractivity contribution < 1.29 is 9.90 Å². The van der Waals surface area contributed by atoms with E-state index in [-0.39, 0.29) is 12.5 Å². The van der Waals surface area contributed by atoms with Crippen LogP contribution in [-0.2, 0) is 11.3 Å². The third-order valence-electron chi connectivity index (χ3n) is 4.02. The van der Waals surface area contributed by atoms with Crippen molar-refractivity contribution in [1.82, 2.24) is 5.32 Å². The van der Waals surface area contributed by atoms with Crippen molar-refractivity contribution >= 4 is 5.97 Å². The van der Waals surface area contributed by atoms with Crippen molar-refractivity contribution in [2.75, 3.05) is 0 Å². The Morgan fingerprint density at radius 2 is 1.89 bits per heavy atom. The summed E-state index contributed by atoms with van der Waals surface area (Å²) in [5, 5.41) is 12.5. The smallest absolute Gasteiger partial charge is 0.304 e. The zero-order valence-corrected chi connectivity index (χ0v) is 11.3. The quantitative estimate of drug-likeness (QED) is 0.826. The Kier molecular flexibility index (Phi) is 5.40. The standard InChI is InChI=1S/C16H23NO2/c18-16(19)11-15(14-9-5-2-6-10-14)17-12-13-7-3-1-4-8-13/h1,3-4,7-8,14-15,17H,2,5-6,9-12H2,(H,18,19). The van der Waals surface area contributed by atoms with E-state index in [0.717, 1.165) is 6.54 Å². The number of nitrogens with one attached hydrogen (secondary N) is 1. The van der Waals surface area contributed by atoms with Gasteiger partial charge in [-0.25, -0.2) is 0 Å². The minimum absolute atomic E-state index is 0.109. The molecule has 0 amide bonds. The van der Waals surface area contributed by atoms with Crippen LogP contribution in [0.5, 0.6) is 0 Å². The first-order valence-electron chi connectivity index (χ1n) is 7.25. The number of hydrogen-bond donors (Lipinski definition) is 2. The highest BCUT2D eigenvalue weighted by Gasteiger charge is 2.25. The second-order valence-electron chi connectivity index (χ2n) is 5.47. The first-order chi connectivity index (χ1) is 9.25. The van der Waals surface area contributed by atoms with Crippen LogP contribution in [0.1, 0.15) is 44.1 Å². The van der Waals surface area contributed by atoms with Crippen molar-refractivity contribution in [3.63, 3.8) is 0 Å². The number of carboxylic acids is 1. The van der Waals surface area contributed by atoms with E-state index >= 15 is 0 Å². The molecule has 0 aliphatic heterocycles. The van der Waals surface area contributed by atoms with Crippen molar-refractivity contribution in [1.29, 1.82) is 0 Å². The van der Waals surface area contributed by atoms with Crippen LogP contribution in [0.3, 0.4) is 0 Å². The number of benzene rings is 1. The van der Waals surface area contributed by atoms with Gasteiger partial charge in [0, 0.05) is 12.6 Å². The molecule has 0 spiro atoms. The van der Waals surface area contributed by atoms with E-state index in [9.17, 15) is 4.79 Å². The highest BCUT2D eigenvalue weighted by Crippen LogP contribution is 2.28. The molecule has 104 valence electrons. The number of carboxylic acid groups (broad SMARTS) is 1. The Hall–Kier alpha value is -1.35. The molecule has 2 N–H and O–H groups in total. The zero-order valence-electron chi connectivity index (χ0n) is 11.3. The molecule has 1 atom stereocenters. The maximum atomic E-state index is 11.0. The SMILES string of the molecule is O=C(O)CC(NCc1ccccc1)C1CCCCC1. The van der Waals surface area contributed by atoms with E-state index in [1.165, 1.54) is 37.7 Å². The van der Waals surface area contributed by atoms with Gasteiger partial charge in [0.05, 0.1) is 6.42 Å². The fourth-order valence-corrected chi connectivity index (χ4v) is 2.97. The molecule has 1 aromatic carbocycles. The van der Waals surface area contributed by atoms with E-state index < -0.39 is 5.97 Å². The first kappa shape index (κ1) is 14.1. The molecule has 1 saturated carbocycles. The summed E-state index contributed by atoms with van der Waals surface area (Å²) >= 11 is 0. The molecule has 1 fully saturated rings. The maximum Gasteiger partial charge on any atom is 0.304 e. The lowest BCUT2D eigenvalue weighted by atomic mass is 9.82. The van der Waals surface area contributed by atoms with Crippen LogP contribution in [0.25, 0.3) is 0 Å². The van der Waals surface area contributed by atoms with Crippen LogP contribution in [-0.4, -0.2) is 17.1 Å². The summed E-state index contributed by atoms with van der Waals surface area (Å²) in [6.45, 7) is 0.759. The topological polar surface area (TPSA) is 49.3 Å². The van der Waals surface area contributed by atoms with Crippen LogP contribution in [0.15, 0.2) is 30.3 Å². The molecule has 19 heavy (non-hydrogen) atoms. The summed E-state index contributed by atoms with van der Waals surface area (Å²) in [6, 6.07) is 10.3. The normalized spacial score (nSPS) is 18.1. The number of aliphatic carboxylic acids is 1. The average Bonchev–Trinajstić information content (AvgIpc) is 2.45. The van der Waals surface area contributed by atoms with Crippen molar-refractivity contribution in [2.45, 2.75) is 51.1 Å². The van der Waals surface area contributed by atoms with E-state index in [0.29, 0.717) is 5.92 Å². The number of carbonyl (C=O) groups is 1. The zero-order chi connectivity index (χ0) is 13.5. The van der Waals surface area contributed by atoms with E-state index in [2.05, 4.69) is 17.4 Å². The predicted octanol–water partition coefficient (Wildman–Crippen LogP) is 3.20. The molecule has 0 saturated heterocycles. The molecule has 0 heterocycles. The maximum absolute atomic E-state index is 11.0. The van der Waals surface area contributed by atoms with Gasteiger partial charge in [-0.1, -0.05) is 49.6 Å². The molecule has 0 radical (unpaired) electrons. The van der Waals surface area contributed by atoms with Crippen LogP contribution >= 0.6 is 0 Å². The molecule has 1 aromatic rings. The molecule has 1 aliphatic carbocycles. The van der Waals surface area contributed by atoms with Crippen LogP contribution in [0.4, 0.5) is 0 Å². The Labute approximate surface area is 115 Å². The highest BCUT2D eigenvalue weighted by molar-refractivity contribution is 5.67. The Morgan fingerprint density at radius 3 is 2.53 bits per heavy atom. The lowest BCUT2D eigenvalue weighted by Gasteiger charge is -2.30. The molecular formula is C16H23NO2. The van der Waals surface area contributed by atoms with E-state index in [1.54, 1.807) is 0 Å². The monoisotopic (exact) mass is 261 g/mol. The van der Waals surface area contributed by atoms with Crippen molar-refractivity contribution in [3.05, 3.63) is 35.9 Å². The molecule has 1 aliphatic rings. The number of rotatable bonds is 6. The third kappa shape index (κ3) is 4.67. The highest BCUT2D eigenvalue weighted by atomic mass is 16.4. The summed E-state index contributed by atoms with van der Waals surface area (Å²) in [6.07, 6.45) is 6.35. The van der Waals surface area contributed by atoms with Gasteiger partial charge < -0.3 is 10.4 Å². The molecule has 2 rings (SSSR count). The lowest BCUT2D eigenvalue weighted by molar-refractivity contribution is -0.138. The van der Waals surface area contributed by atoms with Gasteiger partial charge >= 0.3 is 5.97 Å². The fraction of sp³-hybridized carbons (Fsp3) is 0.562. The van der Waals surface area contributed by atoms with E-state index in [4.69, 9.17) is 5.11 Å².